The minimum atomic E-state index is -1.13. The van der Waals surface area contributed by atoms with E-state index in [1.54, 1.807) is 6.92 Å². The van der Waals surface area contributed by atoms with Gasteiger partial charge in [0.15, 0.2) is 11.0 Å². The number of hydrogen-bond donors (Lipinski definition) is 0. The van der Waals surface area contributed by atoms with E-state index in [2.05, 4.69) is 26.1 Å². The number of rotatable bonds is 5. The lowest BCUT2D eigenvalue weighted by atomic mass is 10.2. The Morgan fingerprint density at radius 3 is 2.42 bits per heavy atom. The van der Waals surface area contributed by atoms with Gasteiger partial charge in [-0.3, -0.25) is 4.57 Å². The van der Waals surface area contributed by atoms with Gasteiger partial charge in [0, 0.05) is 21.0 Å². The van der Waals surface area contributed by atoms with E-state index in [9.17, 15) is 9.90 Å². The molecule has 0 bridgehead atoms. The summed E-state index contributed by atoms with van der Waals surface area (Å²) in [4.78, 5) is 11.1. The van der Waals surface area contributed by atoms with Gasteiger partial charge in [-0.2, -0.15) is 0 Å². The lowest BCUT2D eigenvalue weighted by Gasteiger charge is -2.14. The van der Waals surface area contributed by atoms with Gasteiger partial charge >= 0.3 is 0 Å². The van der Waals surface area contributed by atoms with E-state index in [4.69, 9.17) is 0 Å². The fourth-order valence-corrected chi connectivity index (χ4v) is 3.21. The number of thioether (sulfide) groups is 1. The molecule has 1 aromatic heterocycles. The van der Waals surface area contributed by atoms with Gasteiger partial charge in [-0.1, -0.05) is 58.0 Å². The second-order valence-corrected chi connectivity index (χ2v) is 7.29. The molecule has 1 heterocycles. The van der Waals surface area contributed by atoms with Crippen molar-refractivity contribution >= 4 is 33.7 Å². The Hall–Kier alpha value is -2.12. The van der Waals surface area contributed by atoms with E-state index in [0.717, 1.165) is 27.5 Å². The number of carbonyl (C=O) groups is 1. The molecule has 0 aliphatic rings. The Kier molecular flexibility index (Phi) is 5.01. The monoisotopic (exact) mass is 402 g/mol. The lowest BCUT2D eigenvalue weighted by molar-refractivity contribution is -0.304. The third-order valence-corrected chi connectivity index (χ3v) is 4.91. The molecule has 3 rings (SSSR count). The number of hydrogen-bond acceptors (Lipinski definition) is 5. The van der Waals surface area contributed by atoms with Crippen LogP contribution in [0.4, 0.5) is 0 Å². The number of carboxylic acid groups (broad SMARTS) is 1. The van der Waals surface area contributed by atoms with Crippen LogP contribution in [-0.2, 0) is 4.79 Å². The molecule has 0 fully saturated rings. The maximum atomic E-state index is 11.1. The molecule has 0 amide bonds. The van der Waals surface area contributed by atoms with Crippen molar-refractivity contribution in [1.82, 2.24) is 14.8 Å². The SMILES string of the molecule is C[C@@H](Sc1nnc(-c2ccc(Br)cc2)n1-c1ccccc1)C(=O)[O-]. The van der Waals surface area contributed by atoms with Crippen LogP contribution in [0.5, 0.6) is 0 Å². The van der Waals surface area contributed by atoms with Gasteiger partial charge in [0.2, 0.25) is 0 Å². The van der Waals surface area contributed by atoms with Crippen molar-refractivity contribution in [3.8, 4) is 17.1 Å². The number of halogens is 1. The summed E-state index contributed by atoms with van der Waals surface area (Å²) in [5.41, 5.74) is 1.76. The van der Waals surface area contributed by atoms with E-state index in [-0.39, 0.29) is 0 Å². The van der Waals surface area contributed by atoms with Gasteiger partial charge in [-0.15, -0.1) is 10.2 Å². The molecule has 0 saturated heterocycles. The first-order chi connectivity index (χ1) is 11.6. The molecule has 122 valence electrons. The van der Waals surface area contributed by atoms with Crippen LogP contribution < -0.4 is 5.11 Å². The van der Waals surface area contributed by atoms with Crippen LogP contribution in [-0.4, -0.2) is 26.0 Å². The molecule has 0 unspecified atom stereocenters. The normalized spacial score (nSPS) is 12.1. The summed E-state index contributed by atoms with van der Waals surface area (Å²) in [7, 11) is 0. The van der Waals surface area contributed by atoms with Crippen molar-refractivity contribution in [1.29, 1.82) is 0 Å². The highest BCUT2D eigenvalue weighted by Gasteiger charge is 2.18. The summed E-state index contributed by atoms with van der Waals surface area (Å²) < 4.78 is 2.82. The number of carboxylic acids is 1. The Balaban J connectivity index is 2.11. The first kappa shape index (κ1) is 16.7. The molecule has 0 N–H and O–H groups in total. The van der Waals surface area contributed by atoms with Gasteiger partial charge in [0.1, 0.15) is 0 Å². The second-order valence-electron chi connectivity index (χ2n) is 5.06. The van der Waals surface area contributed by atoms with Gasteiger partial charge < -0.3 is 9.90 Å². The molecule has 0 saturated carbocycles. The molecule has 3 aromatic rings. The standard InChI is InChI=1S/C17H14BrN3O2S/c1-11(16(22)23)24-17-20-19-15(12-7-9-13(18)10-8-12)21(17)14-5-3-2-4-6-14/h2-11H,1H3,(H,22,23)/p-1/t11-/m1/s1. The molecular weight excluding hydrogens is 390 g/mol. The van der Waals surface area contributed by atoms with Crippen LogP contribution in [0.2, 0.25) is 0 Å². The van der Waals surface area contributed by atoms with Crippen LogP contribution in [0.25, 0.3) is 17.1 Å². The van der Waals surface area contributed by atoms with E-state index in [0.29, 0.717) is 11.0 Å². The molecule has 1 atom stereocenters. The molecule has 24 heavy (non-hydrogen) atoms. The first-order valence-electron chi connectivity index (χ1n) is 7.20. The first-order valence-corrected chi connectivity index (χ1v) is 8.88. The predicted octanol–water partition coefficient (Wildman–Crippen LogP) is 2.93. The maximum Gasteiger partial charge on any atom is 0.196 e. The third-order valence-electron chi connectivity index (χ3n) is 3.36. The van der Waals surface area contributed by atoms with E-state index in [1.807, 2.05) is 59.2 Å². The molecule has 0 aliphatic carbocycles. The largest absolute Gasteiger partial charge is 0.549 e. The Morgan fingerprint density at radius 1 is 1.12 bits per heavy atom. The Labute approximate surface area is 151 Å². The molecule has 0 aliphatic heterocycles. The van der Waals surface area contributed by atoms with Gasteiger partial charge in [0.25, 0.3) is 0 Å². The van der Waals surface area contributed by atoms with Crippen LogP contribution in [0.1, 0.15) is 6.92 Å². The molecule has 0 spiro atoms. The molecular formula is C17H13BrN3O2S-. The number of benzene rings is 2. The highest BCUT2D eigenvalue weighted by molar-refractivity contribution is 9.10. The van der Waals surface area contributed by atoms with Crippen LogP contribution in [0.3, 0.4) is 0 Å². The van der Waals surface area contributed by atoms with E-state index < -0.39 is 11.2 Å². The van der Waals surface area contributed by atoms with Crippen LogP contribution >= 0.6 is 27.7 Å². The molecule has 2 aromatic carbocycles. The lowest BCUT2D eigenvalue weighted by Crippen LogP contribution is -2.31. The summed E-state index contributed by atoms with van der Waals surface area (Å²) >= 11 is 4.53. The smallest absolute Gasteiger partial charge is 0.196 e. The average molecular weight is 403 g/mol. The van der Waals surface area contributed by atoms with Gasteiger partial charge in [-0.25, -0.2) is 0 Å². The molecule has 7 heteroatoms. The highest BCUT2D eigenvalue weighted by Crippen LogP contribution is 2.30. The zero-order valence-corrected chi connectivity index (χ0v) is 15.1. The Morgan fingerprint density at radius 2 is 1.79 bits per heavy atom. The van der Waals surface area contributed by atoms with Crippen molar-refractivity contribution in [3.63, 3.8) is 0 Å². The van der Waals surface area contributed by atoms with Gasteiger partial charge in [0.05, 0.1) is 5.97 Å². The minimum absolute atomic E-state index is 0.510. The second kappa shape index (κ2) is 7.19. The van der Waals surface area contributed by atoms with Crippen molar-refractivity contribution < 1.29 is 9.90 Å². The van der Waals surface area contributed by atoms with Crippen molar-refractivity contribution in [2.75, 3.05) is 0 Å². The fraction of sp³-hybridized carbons (Fsp3) is 0.118. The van der Waals surface area contributed by atoms with Crippen molar-refractivity contribution in [2.45, 2.75) is 17.3 Å². The van der Waals surface area contributed by atoms with E-state index >= 15 is 0 Å². The van der Waals surface area contributed by atoms with Crippen LogP contribution in [0.15, 0.2) is 64.2 Å². The van der Waals surface area contributed by atoms with Gasteiger partial charge in [-0.05, 0) is 31.2 Å². The summed E-state index contributed by atoms with van der Waals surface area (Å²) in [6, 6.07) is 17.3. The third kappa shape index (κ3) is 3.52. The number of carbonyl (C=O) groups excluding carboxylic acids is 1. The number of nitrogens with zero attached hydrogens (tertiary/aromatic N) is 3. The highest BCUT2D eigenvalue weighted by atomic mass is 79.9. The van der Waals surface area contributed by atoms with E-state index in [1.165, 1.54) is 0 Å². The Bertz CT molecular complexity index is 850. The number of para-hydroxylation sites is 1. The average Bonchev–Trinajstić information content (AvgIpc) is 2.99. The molecule has 0 radical (unpaired) electrons. The summed E-state index contributed by atoms with van der Waals surface area (Å²) in [6.45, 7) is 1.57. The summed E-state index contributed by atoms with van der Waals surface area (Å²) in [6.07, 6.45) is 0. The molecule has 5 nitrogen and oxygen atoms in total. The fourth-order valence-electron chi connectivity index (χ4n) is 2.15. The maximum absolute atomic E-state index is 11.1. The van der Waals surface area contributed by atoms with Crippen molar-refractivity contribution in [3.05, 3.63) is 59.1 Å². The zero-order chi connectivity index (χ0) is 17.1. The number of aliphatic carboxylic acids is 1. The quantitative estimate of drug-likeness (QED) is 0.613. The zero-order valence-electron chi connectivity index (χ0n) is 12.7. The predicted molar refractivity (Wildman–Crippen MR) is 94.8 cm³/mol. The summed E-state index contributed by atoms with van der Waals surface area (Å²) in [5.74, 6) is -0.477. The topological polar surface area (TPSA) is 70.8 Å². The number of aromatic nitrogens is 3. The summed E-state index contributed by atoms with van der Waals surface area (Å²) in [5, 5.41) is 19.3. The minimum Gasteiger partial charge on any atom is -0.549 e. The van der Waals surface area contributed by atoms with Crippen molar-refractivity contribution in [2.24, 2.45) is 0 Å². The van der Waals surface area contributed by atoms with Crippen LogP contribution in [0, 0.1) is 0 Å².